The number of hydrogen-bond donors (Lipinski definition) is 2. The van der Waals surface area contributed by atoms with Crippen molar-refractivity contribution in [1.29, 1.82) is 0 Å². The van der Waals surface area contributed by atoms with Crippen LogP contribution in [-0.2, 0) is 0 Å². The lowest BCUT2D eigenvalue weighted by molar-refractivity contribution is 0.0880. The van der Waals surface area contributed by atoms with Crippen LogP contribution in [0.3, 0.4) is 0 Å². The third-order valence-electron chi connectivity index (χ3n) is 3.74. The molecule has 1 fully saturated rings. The van der Waals surface area contributed by atoms with Gasteiger partial charge in [-0.15, -0.1) is 0 Å². The van der Waals surface area contributed by atoms with Gasteiger partial charge in [0.2, 0.25) is 0 Å². The molecule has 1 unspecified atom stereocenters. The average molecular weight is 249 g/mol. The molecule has 0 bridgehead atoms. The minimum absolute atomic E-state index is 0.341. The number of ether oxygens (including phenoxy) is 2. The van der Waals surface area contributed by atoms with E-state index in [2.05, 4.69) is 5.32 Å². The second-order valence-corrected chi connectivity index (χ2v) is 4.94. The molecule has 3 rings (SSSR count). The quantitative estimate of drug-likeness (QED) is 0.834. The van der Waals surface area contributed by atoms with Crippen LogP contribution >= 0.6 is 0 Å². The Morgan fingerprint density at radius 2 is 1.83 bits per heavy atom. The normalized spacial score (nSPS) is 21.6. The van der Waals surface area contributed by atoms with Gasteiger partial charge in [0, 0.05) is 0 Å². The zero-order chi connectivity index (χ0) is 12.4. The molecule has 4 nitrogen and oxygen atoms in total. The maximum absolute atomic E-state index is 10.4. The van der Waals surface area contributed by atoms with Crippen molar-refractivity contribution in [1.82, 2.24) is 5.32 Å². The van der Waals surface area contributed by atoms with Crippen molar-refractivity contribution in [3.05, 3.63) is 23.8 Å². The third kappa shape index (κ3) is 2.31. The van der Waals surface area contributed by atoms with Crippen molar-refractivity contribution in [2.45, 2.75) is 18.9 Å². The summed E-state index contributed by atoms with van der Waals surface area (Å²) in [4.78, 5) is 0. The minimum Gasteiger partial charge on any atom is -0.486 e. The van der Waals surface area contributed by atoms with Gasteiger partial charge < -0.3 is 19.9 Å². The van der Waals surface area contributed by atoms with Crippen LogP contribution in [0.1, 0.15) is 24.5 Å². The molecule has 2 aliphatic heterocycles. The van der Waals surface area contributed by atoms with Crippen molar-refractivity contribution in [2.75, 3.05) is 26.3 Å². The van der Waals surface area contributed by atoms with Gasteiger partial charge in [-0.05, 0) is 49.5 Å². The summed E-state index contributed by atoms with van der Waals surface area (Å²) >= 11 is 0. The molecule has 1 aromatic rings. The lowest BCUT2D eigenvalue weighted by atomic mass is 9.88. The van der Waals surface area contributed by atoms with Crippen LogP contribution in [0.15, 0.2) is 18.2 Å². The number of benzene rings is 1. The first kappa shape index (κ1) is 11.8. The van der Waals surface area contributed by atoms with Crippen molar-refractivity contribution in [2.24, 2.45) is 5.92 Å². The fraction of sp³-hybridized carbons (Fsp3) is 0.571. The van der Waals surface area contributed by atoms with Gasteiger partial charge in [-0.1, -0.05) is 6.07 Å². The predicted octanol–water partition coefficient (Wildman–Crippen LogP) is 1.49. The first-order valence-corrected chi connectivity index (χ1v) is 6.63. The molecule has 4 heteroatoms. The average Bonchev–Trinajstić information content (AvgIpc) is 2.47. The van der Waals surface area contributed by atoms with Gasteiger partial charge in [0.05, 0.1) is 6.10 Å². The SMILES string of the molecule is OC(c1ccc2c(c1)OCCO2)C1CCNCC1. The summed E-state index contributed by atoms with van der Waals surface area (Å²) in [5.74, 6) is 1.88. The maximum atomic E-state index is 10.4. The molecule has 2 aliphatic rings. The van der Waals surface area contributed by atoms with Crippen LogP contribution in [0.25, 0.3) is 0 Å². The Morgan fingerprint density at radius 3 is 2.61 bits per heavy atom. The van der Waals surface area contributed by atoms with E-state index in [4.69, 9.17) is 9.47 Å². The van der Waals surface area contributed by atoms with E-state index in [0.29, 0.717) is 19.1 Å². The monoisotopic (exact) mass is 249 g/mol. The third-order valence-corrected chi connectivity index (χ3v) is 3.74. The van der Waals surface area contributed by atoms with E-state index < -0.39 is 6.10 Å². The minimum atomic E-state index is -0.400. The van der Waals surface area contributed by atoms with Gasteiger partial charge in [0.15, 0.2) is 11.5 Å². The molecule has 2 N–H and O–H groups in total. The highest BCUT2D eigenvalue weighted by atomic mass is 16.6. The van der Waals surface area contributed by atoms with Crippen molar-refractivity contribution in [3.8, 4) is 11.5 Å². The summed E-state index contributed by atoms with van der Waals surface area (Å²) in [5.41, 5.74) is 0.936. The molecule has 0 aliphatic carbocycles. The molecule has 0 aromatic heterocycles. The van der Waals surface area contributed by atoms with Gasteiger partial charge in [-0.2, -0.15) is 0 Å². The maximum Gasteiger partial charge on any atom is 0.161 e. The highest BCUT2D eigenvalue weighted by molar-refractivity contribution is 5.44. The summed E-state index contributed by atoms with van der Waals surface area (Å²) < 4.78 is 11.0. The van der Waals surface area contributed by atoms with Crippen LogP contribution in [0.5, 0.6) is 11.5 Å². The zero-order valence-corrected chi connectivity index (χ0v) is 10.4. The molecule has 0 amide bonds. The molecule has 0 radical (unpaired) electrons. The molecule has 1 saturated heterocycles. The highest BCUT2D eigenvalue weighted by Crippen LogP contribution is 2.36. The molecular weight excluding hydrogens is 230 g/mol. The standard InChI is InChI=1S/C14H19NO3/c16-14(10-3-5-15-6-4-10)11-1-2-12-13(9-11)18-8-7-17-12/h1-2,9-10,14-16H,3-8H2. The van der Waals surface area contributed by atoms with Gasteiger partial charge >= 0.3 is 0 Å². The summed E-state index contributed by atoms with van der Waals surface area (Å²) in [6.07, 6.45) is 1.65. The Labute approximate surface area is 107 Å². The number of fused-ring (bicyclic) bond motifs is 1. The number of aliphatic hydroxyl groups excluding tert-OH is 1. The highest BCUT2D eigenvalue weighted by Gasteiger charge is 2.24. The van der Waals surface area contributed by atoms with Crippen molar-refractivity contribution < 1.29 is 14.6 Å². The van der Waals surface area contributed by atoms with Gasteiger partial charge in [-0.3, -0.25) is 0 Å². The second-order valence-electron chi connectivity index (χ2n) is 4.94. The number of nitrogens with one attached hydrogen (secondary N) is 1. The Morgan fingerprint density at radius 1 is 1.11 bits per heavy atom. The van der Waals surface area contributed by atoms with Gasteiger partial charge in [-0.25, -0.2) is 0 Å². The molecule has 2 heterocycles. The molecule has 1 aromatic carbocycles. The summed E-state index contributed by atoms with van der Waals surface area (Å²) in [6, 6.07) is 5.76. The van der Waals surface area contributed by atoms with E-state index in [1.54, 1.807) is 0 Å². The van der Waals surface area contributed by atoms with Crippen LogP contribution in [0, 0.1) is 5.92 Å². The smallest absolute Gasteiger partial charge is 0.161 e. The van der Waals surface area contributed by atoms with Crippen LogP contribution in [-0.4, -0.2) is 31.4 Å². The van der Waals surface area contributed by atoms with Crippen molar-refractivity contribution >= 4 is 0 Å². The molecule has 0 spiro atoms. The topological polar surface area (TPSA) is 50.7 Å². The number of aliphatic hydroxyl groups is 1. The summed E-state index contributed by atoms with van der Waals surface area (Å²) in [7, 11) is 0. The largest absolute Gasteiger partial charge is 0.486 e. The fourth-order valence-corrected chi connectivity index (χ4v) is 2.68. The van der Waals surface area contributed by atoms with Crippen LogP contribution in [0.4, 0.5) is 0 Å². The fourth-order valence-electron chi connectivity index (χ4n) is 2.68. The van der Waals surface area contributed by atoms with E-state index in [-0.39, 0.29) is 0 Å². The molecule has 0 saturated carbocycles. The zero-order valence-electron chi connectivity index (χ0n) is 10.4. The first-order chi connectivity index (χ1) is 8.84. The molecule has 1 atom stereocenters. The first-order valence-electron chi connectivity index (χ1n) is 6.63. The summed E-state index contributed by atoms with van der Waals surface area (Å²) in [6.45, 7) is 3.17. The van der Waals surface area contributed by atoms with E-state index in [1.807, 2.05) is 18.2 Å². The van der Waals surface area contributed by atoms with Crippen LogP contribution in [0.2, 0.25) is 0 Å². The number of hydrogen-bond acceptors (Lipinski definition) is 4. The van der Waals surface area contributed by atoms with E-state index in [1.165, 1.54) is 0 Å². The van der Waals surface area contributed by atoms with Gasteiger partial charge in [0.1, 0.15) is 13.2 Å². The second kappa shape index (κ2) is 5.16. The Balaban J connectivity index is 1.78. The lowest BCUT2D eigenvalue weighted by Crippen LogP contribution is -2.30. The molecular formula is C14H19NO3. The Bertz CT molecular complexity index is 416. The number of piperidine rings is 1. The summed E-state index contributed by atoms with van der Waals surface area (Å²) in [5, 5.41) is 13.7. The van der Waals surface area contributed by atoms with Gasteiger partial charge in [0.25, 0.3) is 0 Å². The van der Waals surface area contributed by atoms with E-state index in [9.17, 15) is 5.11 Å². The van der Waals surface area contributed by atoms with E-state index in [0.717, 1.165) is 43.0 Å². The van der Waals surface area contributed by atoms with Crippen LogP contribution < -0.4 is 14.8 Å². The number of rotatable bonds is 2. The molecule has 18 heavy (non-hydrogen) atoms. The van der Waals surface area contributed by atoms with Crippen molar-refractivity contribution in [3.63, 3.8) is 0 Å². The van der Waals surface area contributed by atoms with E-state index >= 15 is 0 Å². The lowest BCUT2D eigenvalue weighted by Gasteiger charge is -2.28. The predicted molar refractivity (Wildman–Crippen MR) is 68.0 cm³/mol. The molecule has 98 valence electrons. The Hall–Kier alpha value is -1.26. The Kier molecular flexibility index (Phi) is 3.39.